The van der Waals surface area contributed by atoms with E-state index in [9.17, 15) is 9.59 Å². The van der Waals surface area contributed by atoms with E-state index in [4.69, 9.17) is 16.6 Å². The Morgan fingerprint density at radius 2 is 1.94 bits per heavy atom. The van der Waals surface area contributed by atoms with Crippen molar-refractivity contribution in [3.05, 3.63) is 79.9 Å². The van der Waals surface area contributed by atoms with Gasteiger partial charge in [-0.05, 0) is 68.0 Å². The minimum absolute atomic E-state index is 0.0873. The van der Waals surface area contributed by atoms with Crippen LogP contribution in [0.2, 0.25) is 5.02 Å². The second-order valence-electron chi connectivity index (χ2n) is 8.01. The van der Waals surface area contributed by atoms with Crippen molar-refractivity contribution >= 4 is 56.5 Å². The van der Waals surface area contributed by atoms with Crippen molar-refractivity contribution in [3.8, 4) is 5.69 Å². The number of hydrogen-bond donors (Lipinski definition) is 1. The van der Waals surface area contributed by atoms with Crippen LogP contribution in [-0.2, 0) is 17.6 Å². The van der Waals surface area contributed by atoms with Gasteiger partial charge >= 0.3 is 0 Å². The molecule has 2 aromatic heterocycles. The number of nitrogens with one attached hydrogen (secondary N) is 1. The van der Waals surface area contributed by atoms with E-state index in [0.29, 0.717) is 21.3 Å². The second kappa shape index (κ2) is 9.33. The first kappa shape index (κ1) is 22.2. The van der Waals surface area contributed by atoms with E-state index >= 15 is 0 Å². The molecule has 5 nitrogen and oxygen atoms in total. The predicted octanol–water partition coefficient (Wildman–Crippen LogP) is 6.02. The van der Waals surface area contributed by atoms with Crippen molar-refractivity contribution in [3.63, 3.8) is 0 Å². The molecular formula is C25H22ClN3O2S2. The third-order valence-electron chi connectivity index (χ3n) is 5.83. The summed E-state index contributed by atoms with van der Waals surface area (Å²) in [5, 5.41) is 4.69. The molecule has 0 atom stereocenters. The minimum Gasteiger partial charge on any atom is -0.325 e. The number of carbonyl (C=O) groups excluding carboxylic acids is 1. The molecule has 4 aromatic rings. The molecule has 0 saturated carbocycles. The van der Waals surface area contributed by atoms with Crippen LogP contribution in [0.1, 0.15) is 28.8 Å². The summed E-state index contributed by atoms with van der Waals surface area (Å²) in [7, 11) is 0. The monoisotopic (exact) mass is 495 g/mol. The van der Waals surface area contributed by atoms with Gasteiger partial charge in [-0.25, -0.2) is 4.98 Å². The maximum absolute atomic E-state index is 13.9. The van der Waals surface area contributed by atoms with Crippen molar-refractivity contribution in [2.24, 2.45) is 0 Å². The Kier molecular flexibility index (Phi) is 6.27. The number of anilines is 1. The molecule has 2 heterocycles. The van der Waals surface area contributed by atoms with Gasteiger partial charge in [0.15, 0.2) is 5.16 Å². The molecule has 2 aromatic carbocycles. The zero-order valence-corrected chi connectivity index (χ0v) is 20.4. The molecule has 0 radical (unpaired) electrons. The van der Waals surface area contributed by atoms with Crippen molar-refractivity contribution in [2.75, 3.05) is 11.1 Å². The first-order valence-electron chi connectivity index (χ1n) is 10.8. The lowest BCUT2D eigenvalue weighted by Gasteiger charge is -2.16. The molecule has 0 saturated heterocycles. The van der Waals surface area contributed by atoms with Crippen LogP contribution in [0.25, 0.3) is 15.9 Å². The quantitative estimate of drug-likeness (QED) is 0.271. The maximum atomic E-state index is 13.9. The highest BCUT2D eigenvalue weighted by Crippen LogP contribution is 2.36. The minimum atomic E-state index is -0.152. The Balaban J connectivity index is 1.58. The molecule has 0 spiro atoms. The summed E-state index contributed by atoms with van der Waals surface area (Å²) in [6.45, 7) is 1.90. The Morgan fingerprint density at radius 3 is 2.76 bits per heavy atom. The van der Waals surface area contributed by atoms with Crippen molar-refractivity contribution in [1.82, 2.24) is 9.55 Å². The summed E-state index contributed by atoms with van der Waals surface area (Å²) < 4.78 is 1.63. The molecular weight excluding hydrogens is 474 g/mol. The van der Waals surface area contributed by atoms with Gasteiger partial charge in [-0.1, -0.05) is 47.6 Å². The Bertz CT molecular complexity index is 1410. The maximum Gasteiger partial charge on any atom is 0.267 e. The van der Waals surface area contributed by atoms with Crippen molar-refractivity contribution in [1.29, 1.82) is 0 Å². The number of nitrogens with zero attached hydrogens (tertiary/aromatic N) is 2. The summed E-state index contributed by atoms with van der Waals surface area (Å²) >= 11 is 9.27. The number of para-hydroxylation sites is 1. The largest absolute Gasteiger partial charge is 0.325 e. The Hall–Kier alpha value is -2.61. The fourth-order valence-electron chi connectivity index (χ4n) is 4.18. The number of amides is 1. The van der Waals surface area contributed by atoms with E-state index in [1.165, 1.54) is 16.6 Å². The number of aryl methyl sites for hydroxylation is 2. The number of aromatic nitrogens is 2. The number of halogens is 1. The van der Waals surface area contributed by atoms with E-state index in [1.807, 2.05) is 55.5 Å². The first-order valence-corrected chi connectivity index (χ1v) is 13.0. The van der Waals surface area contributed by atoms with Crippen LogP contribution in [0.3, 0.4) is 0 Å². The van der Waals surface area contributed by atoms with Crippen LogP contribution in [0.5, 0.6) is 0 Å². The summed E-state index contributed by atoms with van der Waals surface area (Å²) in [6.07, 6.45) is 4.13. The van der Waals surface area contributed by atoms with Crippen LogP contribution < -0.4 is 10.9 Å². The van der Waals surface area contributed by atoms with Crippen LogP contribution >= 0.6 is 34.7 Å². The van der Waals surface area contributed by atoms with E-state index in [0.717, 1.165) is 47.3 Å². The predicted molar refractivity (Wildman–Crippen MR) is 137 cm³/mol. The zero-order chi connectivity index (χ0) is 22.9. The number of benzene rings is 2. The zero-order valence-electron chi connectivity index (χ0n) is 18.1. The molecule has 0 bridgehead atoms. The van der Waals surface area contributed by atoms with Crippen LogP contribution in [0.15, 0.2) is 58.5 Å². The third kappa shape index (κ3) is 4.33. The molecule has 8 heteroatoms. The number of thioether (sulfide) groups is 1. The topological polar surface area (TPSA) is 64.0 Å². The van der Waals surface area contributed by atoms with E-state index in [2.05, 4.69) is 5.32 Å². The van der Waals surface area contributed by atoms with Gasteiger partial charge in [0.1, 0.15) is 4.83 Å². The Labute approximate surface area is 204 Å². The van der Waals surface area contributed by atoms with E-state index in [-0.39, 0.29) is 17.2 Å². The lowest BCUT2D eigenvalue weighted by atomic mass is 9.97. The molecule has 1 amide bonds. The molecule has 0 unspecified atom stereocenters. The molecule has 1 aliphatic carbocycles. The SMILES string of the molecule is Cc1c(Cl)cccc1-n1c(SCC(=O)Nc2ccccc2)nc2sc3c(c2c1=O)CCCC3. The second-order valence-corrected chi connectivity index (χ2v) is 10.4. The molecule has 1 aliphatic rings. The molecule has 0 fully saturated rings. The number of thiophene rings is 1. The lowest BCUT2D eigenvalue weighted by molar-refractivity contribution is -0.113. The van der Waals surface area contributed by atoms with Gasteiger partial charge in [-0.15, -0.1) is 11.3 Å². The summed E-state index contributed by atoms with van der Waals surface area (Å²) in [4.78, 5) is 33.4. The lowest BCUT2D eigenvalue weighted by Crippen LogP contribution is -2.24. The van der Waals surface area contributed by atoms with E-state index < -0.39 is 0 Å². The number of hydrogen-bond acceptors (Lipinski definition) is 5. The average Bonchev–Trinajstić information content (AvgIpc) is 3.19. The molecule has 1 N–H and O–H groups in total. The van der Waals surface area contributed by atoms with Gasteiger partial charge in [0.2, 0.25) is 5.91 Å². The van der Waals surface area contributed by atoms with Crippen LogP contribution in [0, 0.1) is 6.92 Å². The third-order valence-corrected chi connectivity index (χ3v) is 8.36. The number of carbonyl (C=O) groups is 1. The standard InChI is InChI=1S/C25H22ClN3O2S2/c1-15-18(26)11-7-12-19(15)29-24(31)22-17-10-5-6-13-20(17)33-23(22)28-25(29)32-14-21(30)27-16-8-3-2-4-9-16/h2-4,7-9,11-12H,5-6,10,13-14H2,1H3,(H,27,30). The Morgan fingerprint density at radius 1 is 1.15 bits per heavy atom. The molecule has 5 rings (SSSR count). The van der Waals surface area contributed by atoms with Gasteiger partial charge in [0, 0.05) is 15.6 Å². The highest BCUT2D eigenvalue weighted by atomic mass is 35.5. The molecule has 33 heavy (non-hydrogen) atoms. The van der Waals surface area contributed by atoms with Gasteiger partial charge in [0.05, 0.1) is 16.8 Å². The molecule has 0 aliphatic heterocycles. The van der Waals surface area contributed by atoms with Crippen LogP contribution in [-0.4, -0.2) is 21.2 Å². The number of rotatable bonds is 5. The molecule has 168 valence electrons. The summed E-state index contributed by atoms with van der Waals surface area (Å²) in [5.74, 6) is -0.0160. The van der Waals surface area contributed by atoms with Gasteiger partial charge in [-0.3, -0.25) is 14.2 Å². The van der Waals surface area contributed by atoms with Crippen LogP contribution in [0.4, 0.5) is 5.69 Å². The van der Waals surface area contributed by atoms with Crippen molar-refractivity contribution < 1.29 is 4.79 Å². The summed E-state index contributed by atoms with van der Waals surface area (Å²) in [5.41, 5.74) is 3.30. The van der Waals surface area contributed by atoms with Crippen molar-refractivity contribution in [2.45, 2.75) is 37.8 Å². The first-order chi connectivity index (χ1) is 16.0. The smallest absolute Gasteiger partial charge is 0.267 e. The summed E-state index contributed by atoms with van der Waals surface area (Å²) in [6, 6.07) is 14.8. The highest BCUT2D eigenvalue weighted by molar-refractivity contribution is 7.99. The fourth-order valence-corrected chi connectivity index (χ4v) is 6.46. The average molecular weight is 496 g/mol. The number of fused-ring (bicyclic) bond motifs is 3. The fraction of sp³-hybridized carbons (Fsp3) is 0.240. The van der Waals surface area contributed by atoms with E-state index in [1.54, 1.807) is 15.9 Å². The van der Waals surface area contributed by atoms with Gasteiger partial charge < -0.3 is 5.32 Å². The van der Waals surface area contributed by atoms with Gasteiger partial charge in [-0.2, -0.15) is 0 Å². The van der Waals surface area contributed by atoms with Gasteiger partial charge in [0.25, 0.3) is 5.56 Å². The normalized spacial score (nSPS) is 13.2. The highest BCUT2D eigenvalue weighted by Gasteiger charge is 2.24.